The van der Waals surface area contributed by atoms with Gasteiger partial charge in [-0.05, 0) is 82.1 Å². The number of fused-ring (bicyclic) bond motifs is 2. The molecular formula is C22H16BrN3S. The molecule has 27 heavy (non-hydrogen) atoms. The summed E-state index contributed by atoms with van der Waals surface area (Å²) in [6, 6.07) is 19.3. The molecule has 0 aliphatic carbocycles. The lowest BCUT2D eigenvalue weighted by Crippen LogP contribution is -1.87. The van der Waals surface area contributed by atoms with Crippen LogP contribution in [0.1, 0.15) is 5.56 Å². The molecule has 132 valence electrons. The first kappa shape index (κ1) is 16.7. The Hall–Kier alpha value is -2.50. The van der Waals surface area contributed by atoms with Crippen LogP contribution in [0.2, 0.25) is 0 Å². The monoisotopic (exact) mass is 433 g/mol. The van der Waals surface area contributed by atoms with Gasteiger partial charge in [-0.3, -0.25) is 3.97 Å². The maximum absolute atomic E-state index is 4.68. The maximum Gasteiger partial charge on any atom is 0.150 e. The number of aromatic amines is 1. The van der Waals surface area contributed by atoms with E-state index in [0.717, 1.165) is 21.0 Å². The Morgan fingerprint density at radius 1 is 1.04 bits per heavy atom. The van der Waals surface area contributed by atoms with E-state index >= 15 is 0 Å². The summed E-state index contributed by atoms with van der Waals surface area (Å²) in [7, 11) is 0. The van der Waals surface area contributed by atoms with Gasteiger partial charge in [-0.15, -0.1) is 0 Å². The van der Waals surface area contributed by atoms with Crippen molar-refractivity contribution in [3.63, 3.8) is 0 Å². The number of nitrogens with one attached hydrogen (secondary N) is 1. The van der Waals surface area contributed by atoms with Crippen molar-refractivity contribution in [2.24, 2.45) is 0 Å². The van der Waals surface area contributed by atoms with Crippen LogP contribution in [0.15, 0.2) is 82.6 Å². The highest BCUT2D eigenvalue weighted by Crippen LogP contribution is 2.36. The molecule has 0 aliphatic heterocycles. The molecule has 5 aromatic rings. The quantitative estimate of drug-likeness (QED) is 0.338. The van der Waals surface area contributed by atoms with Crippen molar-refractivity contribution < 1.29 is 0 Å². The van der Waals surface area contributed by atoms with Crippen LogP contribution in [0.5, 0.6) is 0 Å². The summed E-state index contributed by atoms with van der Waals surface area (Å²) in [6.45, 7) is 2.11. The van der Waals surface area contributed by atoms with Crippen molar-refractivity contribution in [3.05, 3.63) is 83.2 Å². The van der Waals surface area contributed by atoms with E-state index < -0.39 is 0 Å². The average molecular weight is 434 g/mol. The molecule has 1 N–H and O–H groups in total. The molecule has 5 heteroatoms. The largest absolute Gasteiger partial charge is 0.361 e. The topological polar surface area (TPSA) is 33.6 Å². The number of hydrogen-bond acceptors (Lipinski definition) is 2. The van der Waals surface area contributed by atoms with Crippen molar-refractivity contribution in [1.29, 1.82) is 0 Å². The molecule has 0 radical (unpaired) electrons. The minimum absolute atomic E-state index is 0.966. The first-order chi connectivity index (χ1) is 13.2. The number of benzene rings is 2. The van der Waals surface area contributed by atoms with Crippen LogP contribution in [0.4, 0.5) is 0 Å². The van der Waals surface area contributed by atoms with E-state index in [4.69, 9.17) is 0 Å². The number of hydrogen-bond donors (Lipinski definition) is 1. The summed E-state index contributed by atoms with van der Waals surface area (Å²) in [4.78, 5) is 9.13. The van der Waals surface area contributed by atoms with Gasteiger partial charge in [-0.2, -0.15) is 0 Å². The molecule has 5 rings (SSSR count). The van der Waals surface area contributed by atoms with Crippen molar-refractivity contribution in [2.75, 3.05) is 0 Å². The van der Waals surface area contributed by atoms with Crippen molar-refractivity contribution >= 4 is 49.8 Å². The number of aryl methyl sites for hydroxylation is 1. The molecule has 0 atom stereocenters. The fourth-order valence-electron chi connectivity index (χ4n) is 3.29. The minimum Gasteiger partial charge on any atom is -0.361 e. The molecule has 0 aliphatic rings. The van der Waals surface area contributed by atoms with Gasteiger partial charge in [0.05, 0.1) is 0 Å². The molecule has 0 bridgehead atoms. The SMILES string of the molecule is Cc1ccc(Sn2cc(-c3ccc4[nH]ccc4c3)c3cc(Br)cnc32)cc1. The highest BCUT2D eigenvalue weighted by atomic mass is 79.9. The van der Waals surface area contributed by atoms with Gasteiger partial charge < -0.3 is 4.98 Å². The van der Waals surface area contributed by atoms with E-state index in [-0.39, 0.29) is 0 Å². The van der Waals surface area contributed by atoms with Crippen LogP contribution in [0, 0.1) is 6.92 Å². The molecule has 0 spiro atoms. The lowest BCUT2D eigenvalue weighted by atomic mass is 10.0. The number of nitrogens with zero attached hydrogens (tertiary/aromatic N) is 2. The van der Waals surface area contributed by atoms with E-state index in [9.17, 15) is 0 Å². The van der Waals surface area contributed by atoms with E-state index in [2.05, 4.69) is 97.6 Å². The van der Waals surface area contributed by atoms with Crippen LogP contribution in [0.25, 0.3) is 33.1 Å². The van der Waals surface area contributed by atoms with Gasteiger partial charge in [-0.25, -0.2) is 4.98 Å². The van der Waals surface area contributed by atoms with Gasteiger partial charge in [-0.1, -0.05) is 23.8 Å². The third kappa shape index (κ3) is 3.07. The second-order valence-corrected chi connectivity index (χ2v) is 8.54. The standard InChI is InChI=1S/C22H16BrN3S/c1-14-2-5-18(6-3-14)27-26-13-20(19-11-17(23)12-25-22(19)26)15-4-7-21-16(10-15)8-9-24-21/h2-13,24H,1H3. The van der Waals surface area contributed by atoms with Crippen LogP contribution in [-0.4, -0.2) is 13.9 Å². The minimum atomic E-state index is 0.966. The molecule has 0 amide bonds. The normalized spacial score (nSPS) is 11.5. The summed E-state index contributed by atoms with van der Waals surface area (Å²) >= 11 is 5.26. The molecule has 0 fully saturated rings. The van der Waals surface area contributed by atoms with Gasteiger partial charge in [0.25, 0.3) is 0 Å². The number of rotatable bonds is 3. The van der Waals surface area contributed by atoms with Crippen molar-refractivity contribution in [1.82, 2.24) is 13.9 Å². The van der Waals surface area contributed by atoms with E-state index in [1.165, 1.54) is 27.0 Å². The van der Waals surface area contributed by atoms with Crippen LogP contribution in [0.3, 0.4) is 0 Å². The van der Waals surface area contributed by atoms with Crippen LogP contribution in [-0.2, 0) is 0 Å². The second-order valence-electron chi connectivity index (χ2n) is 6.58. The fourth-order valence-corrected chi connectivity index (χ4v) is 4.49. The average Bonchev–Trinajstić information content (AvgIpc) is 3.27. The lowest BCUT2D eigenvalue weighted by molar-refractivity contribution is 1.24. The van der Waals surface area contributed by atoms with Crippen molar-refractivity contribution in [2.45, 2.75) is 11.8 Å². The summed E-state index contributed by atoms with van der Waals surface area (Å²) < 4.78 is 3.14. The highest BCUT2D eigenvalue weighted by molar-refractivity contribution is 9.10. The third-order valence-corrected chi connectivity index (χ3v) is 6.06. The van der Waals surface area contributed by atoms with Gasteiger partial charge in [0, 0.05) is 44.4 Å². The Bertz CT molecular complexity index is 1270. The molecule has 0 saturated heterocycles. The Labute approximate surface area is 169 Å². The number of halogens is 1. The van der Waals surface area contributed by atoms with E-state index in [1.54, 1.807) is 11.9 Å². The molecule has 3 nitrogen and oxygen atoms in total. The fraction of sp³-hybridized carbons (Fsp3) is 0.0455. The Morgan fingerprint density at radius 3 is 2.74 bits per heavy atom. The number of aromatic nitrogens is 3. The second kappa shape index (κ2) is 6.59. The molecule has 0 unspecified atom stereocenters. The van der Waals surface area contributed by atoms with Gasteiger partial charge in [0.1, 0.15) is 0 Å². The summed E-state index contributed by atoms with van der Waals surface area (Å²) in [6.07, 6.45) is 6.01. The van der Waals surface area contributed by atoms with Gasteiger partial charge in [0.2, 0.25) is 0 Å². The molecular weight excluding hydrogens is 418 g/mol. The smallest absolute Gasteiger partial charge is 0.150 e. The highest BCUT2D eigenvalue weighted by Gasteiger charge is 2.14. The third-order valence-electron chi connectivity index (χ3n) is 4.67. The zero-order valence-electron chi connectivity index (χ0n) is 14.6. The van der Waals surface area contributed by atoms with Crippen LogP contribution >= 0.6 is 27.9 Å². The first-order valence-electron chi connectivity index (χ1n) is 8.66. The predicted octanol–water partition coefficient (Wildman–Crippen LogP) is 6.81. The Morgan fingerprint density at radius 2 is 1.89 bits per heavy atom. The van der Waals surface area contributed by atoms with E-state index in [1.807, 2.05) is 12.4 Å². The zero-order chi connectivity index (χ0) is 18.4. The predicted molar refractivity (Wildman–Crippen MR) is 117 cm³/mol. The van der Waals surface area contributed by atoms with E-state index in [0.29, 0.717) is 0 Å². The lowest BCUT2D eigenvalue weighted by Gasteiger charge is -2.04. The van der Waals surface area contributed by atoms with Gasteiger partial charge in [0.15, 0.2) is 5.65 Å². The maximum atomic E-state index is 4.68. The van der Waals surface area contributed by atoms with Crippen molar-refractivity contribution in [3.8, 4) is 11.1 Å². The van der Waals surface area contributed by atoms with Gasteiger partial charge >= 0.3 is 0 Å². The molecule has 0 saturated carbocycles. The Kier molecular flexibility index (Phi) is 4.06. The summed E-state index contributed by atoms with van der Waals surface area (Å²) in [5.74, 6) is 0. The molecule has 2 aromatic carbocycles. The number of H-pyrrole nitrogens is 1. The molecule has 3 aromatic heterocycles. The summed E-state index contributed by atoms with van der Waals surface area (Å²) in [5, 5.41) is 2.35. The molecule has 3 heterocycles. The number of pyridine rings is 1. The summed E-state index contributed by atoms with van der Waals surface area (Å²) in [5.41, 5.74) is 5.75. The van der Waals surface area contributed by atoms with Crippen LogP contribution < -0.4 is 0 Å². The zero-order valence-corrected chi connectivity index (χ0v) is 17.0. The first-order valence-corrected chi connectivity index (χ1v) is 10.2. The Balaban J connectivity index is 1.67.